The molecule has 3 aromatic rings. The molecule has 1 aromatic heterocycles. The van der Waals surface area contributed by atoms with E-state index in [0.717, 1.165) is 22.4 Å². The molecule has 7 heteroatoms. The first kappa shape index (κ1) is 19.6. The van der Waals surface area contributed by atoms with Crippen LogP contribution in [0.15, 0.2) is 54.7 Å². The topological polar surface area (TPSA) is 61.7 Å². The Balaban J connectivity index is 1.67. The molecular weight excluding hydrogens is 380 g/mol. The molecule has 1 heterocycles. The molecule has 0 unspecified atom stereocenters. The second-order valence-electron chi connectivity index (χ2n) is 6.12. The van der Waals surface area contributed by atoms with Gasteiger partial charge < -0.3 is 18.8 Å². The molecule has 0 aliphatic carbocycles. The molecule has 3 rings (SSSR count). The van der Waals surface area contributed by atoms with Gasteiger partial charge in [-0.3, -0.25) is 5.32 Å². The van der Waals surface area contributed by atoms with E-state index in [9.17, 15) is 4.79 Å². The van der Waals surface area contributed by atoms with Crippen LogP contribution < -0.4 is 14.8 Å². The summed E-state index contributed by atoms with van der Waals surface area (Å²) in [5.41, 5.74) is 2.64. The summed E-state index contributed by atoms with van der Waals surface area (Å²) >= 11 is 6.02. The molecule has 0 bridgehead atoms. The Hall–Kier alpha value is -3.12. The Morgan fingerprint density at radius 2 is 1.82 bits per heavy atom. The average Bonchev–Trinajstić information content (AvgIpc) is 3.06. The number of amides is 1. The fourth-order valence-electron chi connectivity index (χ4n) is 2.75. The Bertz CT molecular complexity index is 967. The average molecular weight is 401 g/mol. The van der Waals surface area contributed by atoms with Crippen LogP contribution in [-0.2, 0) is 18.4 Å². The number of carbonyl (C=O) groups excluding carboxylic acids is 1. The van der Waals surface area contributed by atoms with Crippen LogP contribution in [-0.4, -0.2) is 24.9 Å². The SMILES string of the molecule is COc1ccc(COC(=O)Nc2cc(-c3ccc(Cl)cc3OC)cn2C)cc1. The number of halogens is 1. The van der Waals surface area contributed by atoms with Crippen LogP contribution >= 0.6 is 11.6 Å². The zero-order valence-electron chi connectivity index (χ0n) is 15.9. The Morgan fingerprint density at radius 1 is 1.07 bits per heavy atom. The van der Waals surface area contributed by atoms with Gasteiger partial charge in [-0.25, -0.2) is 4.79 Å². The molecule has 1 N–H and O–H groups in total. The number of hydrogen-bond donors (Lipinski definition) is 1. The van der Waals surface area contributed by atoms with Gasteiger partial charge in [0.25, 0.3) is 0 Å². The predicted octanol–water partition coefficient (Wildman–Crippen LogP) is 5.11. The summed E-state index contributed by atoms with van der Waals surface area (Å²) in [6, 6.07) is 14.6. The molecule has 0 spiro atoms. The van der Waals surface area contributed by atoms with Crippen molar-refractivity contribution in [1.29, 1.82) is 0 Å². The predicted molar refractivity (Wildman–Crippen MR) is 109 cm³/mol. The minimum atomic E-state index is -0.536. The van der Waals surface area contributed by atoms with Crippen molar-refractivity contribution in [1.82, 2.24) is 4.57 Å². The fraction of sp³-hybridized carbons (Fsp3) is 0.190. The summed E-state index contributed by atoms with van der Waals surface area (Å²) in [6.07, 6.45) is 1.36. The van der Waals surface area contributed by atoms with Crippen molar-refractivity contribution < 1.29 is 19.0 Å². The van der Waals surface area contributed by atoms with E-state index in [1.54, 1.807) is 30.9 Å². The van der Waals surface area contributed by atoms with Gasteiger partial charge in [-0.1, -0.05) is 23.7 Å². The number of nitrogens with one attached hydrogen (secondary N) is 1. The highest BCUT2D eigenvalue weighted by Gasteiger charge is 2.13. The van der Waals surface area contributed by atoms with E-state index in [1.165, 1.54) is 0 Å². The van der Waals surface area contributed by atoms with Crippen LogP contribution in [0.4, 0.5) is 10.6 Å². The maximum Gasteiger partial charge on any atom is 0.413 e. The molecule has 146 valence electrons. The fourth-order valence-corrected chi connectivity index (χ4v) is 2.91. The van der Waals surface area contributed by atoms with Gasteiger partial charge in [-0.15, -0.1) is 0 Å². The smallest absolute Gasteiger partial charge is 0.413 e. The van der Waals surface area contributed by atoms with Crippen molar-refractivity contribution >= 4 is 23.5 Å². The highest BCUT2D eigenvalue weighted by molar-refractivity contribution is 6.30. The molecule has 0 saturated carbocycles. The van der Waals surface area contributed by atoms with Gasteiger partial charge in [0.05, 0.1) is 14.2 Å². The third-order valence-corrected chi connectivity index (χ3v) is 4.47. The van der Waals surface area contributed by atoms with E-state index in [1.807, 2.05) is 49.6 Å². The van der Waals surface area contributed by atoms with Crippen LogP contribution in [0.5, 0.6) is 11.5 Å². The summed E-state index contributed by atoms with van der Waals surface area (Å²) in [4.78, 5) is 12.2. The number of nitrogens with zero attached hydrogens (tertiary/aromatic N) is 1. The number of anilines is 1. The van der Waals surface area contributed by atoms with Crippen molar-refractivity contribution in [3.05, 3.63) is 65.3 Å². The summed E-state index contributed by atoms with van der Waals surface area (Å²) in [5, 5.41) is 3.35. The van der Waals surface area contributed by atoms with Gasteiger partial charge in [0.15, 0.2) is 0 Å². The Labute approximate surface area is 168 Å². The van der Waals surface area contributed by atoms with E-state index < -0.39 is 6.09 Å². The number of benzene rings is 2. The summed E-state index contributed by atoms with van der Waals surface area (Å²) in [7, 11) is 5.03. The third kappa shape index (κ3) is 4.58. The molecule has 0 fully saturated rings. The molecule has 0 aliphatic rings. The van der Waals surface area contributed by atoms with Crippen LogP contribution in [0.2, 0.25) is 5.02 Å². The van der Waals surface area contributed by atoms with Gasteiger partial charge in [-0.2, -0.15) is 0 Å². The number of carbonyl (C=O) groups is 1. The van der Waals surface area contributed by atoms with E-state index >= 15 is 0 Å². The van der Waals surface area contributed by atoms with E-state index in [0.29, 0.717) is 16.6 Å². The molecule has 0 aliphatic heterocycles. The second kappa shape index (κ2) is 8.71. The van der Waals surface area contributed by atoms with E-state index in [-0.39, 0.29) is 6.61 Å². The first-order chi connectivity index (χ1) is 13.5. The Morgan fingerprint density at radius 3 is 2.50 bits per heavy atom. The van der Waals surface area contributed by atoms with Crippen molar-refractivity contribution in [2.45, 2.75) is 6.61 Å². The first-order valence-corrected chi connectivity index (χ1v) is 8.95. The van der Waals surface area contributed by atoms with Gasteiger partial charge in [0.1, 0.15) is 23.9 Å². The standard InChI is InChI=1S/C21H21ClN2O4/c1-24-12-15(18-9-6-16(22)11-19(18)27-3)10-20(24)23-21(25)28-13-14-4-7-17(26-2)8-5-14/h4-12H,13H2,1-3H3,(H,23,25). The molecule has 6 nitrogen and oxygen atoms in total. The van der Waals surface area contributed by atoms with Gasteiger partial charge in [0, 0.05) is 29.4 Å². The van der Waals surface area contributed by atoms with E-state index in [2.05, 4.69) is 5.32 Å². The lowest BCUT2D eigenvalue weighted by Crippen LogP contribution is -2.15. The molecule has 2 aromatic carbocycles. The molecule has 0 atom stereocenters. The summed E-state index contributed by atoms with van der Waals surface area (Å²) < 4.78 is 17.6. The highest BCUT2D eigenvalue weighted by atomic mass is 35.5. The summed E-state index contributed by atoms with van der Waals surface area (Å²) in [6.45, 7) is 0.165. The number of ether oxygens (including phenoxy) is 3. The maximum absolute atomic E-state index is 12.2. The van der Waals surface area contributed by atoms with Crippen LogP contribution in [0.25, 0.3) is 11.1 Å². The molecule has 1 amide bonds. The minimum Gasteiger partial charge on any atom is -0.497 e. The lowest BCUT2D eigenvalue weighted by Gasteiger charge is -2.08. The summed E-state index contributed by atoms with van der Waals surface area (Å²) in [5.74, 6) is 2.01. The van der Waals surface area contributed by atoms with Crippen LogP contribution in [0.3, 0.4) is 0 Å². The number of rotatable bonds is 6. The van der Waals surface area contributed by atoms with Gasteiger partial charge >= 0.3 is 6.09 Å². The van der Waals surface area contributed by atoms with Gasteiger partial charge in [-0.05, 0) is 42.0 Å². The van der Waals surface area contributed by atoms with Gasteiger partial charge in [0.2, 0.25) is 0 Å². The second-order valence-corrected chi connectivity index (χ2v) is 6.56. The third-order valence-electron chi connectivity index (χ3n) is 4.24. The normalized spacial score (nSPS) is 10.4. The number of aromatic nitrogens is 1. The van der Waals surface area contributed by atoms with Crippen LogP contribution in [0, 0.1) is 0 Å². The monoisotopic (exact) mass is 400 g/mol. The quantitative estimate of drug-likeness (QED) is 0.624. The largest absolute Gasteiger partial charge is 0.497 e. The molecule has 0 saturated heterocycles. The van der Waals surface area contributed by atoms with Crippen molar-refractivity contribution in [2.24, 2.45) is 7.05 Å². The minimum absolute atomic E-state index is 0.165. The lowest BCUT2D eigenvalue weighted by molar-refractivity contribution is 0.155. The van der Waals surface area contributed by atoms with Crippen LogP contribution in [0.1, 0.15) is 5.56 Å². The lowest BCUT2D eigenvalue weighted by atomic mass is 10.1. The first-order valence-electron chi connectivity index (χ1n) is 8.57. The molecule has 0 radical (unpaired) electrons. The molecular formula is C21H21ClN2O4. The zero-order valence-corrected chi connectivity index (χ0v) is 16.6. The maximum atomic E-state index is 12.2. The highest BCUT2D eigenvalue weighted by Crippen LogP contribution is 2.34. The van der Waals surface area contributed by atoms with E-state index in [4.69, 9.17) is 25.8 Å². The number of aryl methyl sites for hydroxylation is 1. The van der Waals surface area contributed by atoms with Crippen molar-refractivity contribution in [3.63, 3.8) is 0 Å². The number of methoxy groups -OCH3 is 2. The van der Waals surface area contributed by atoms with Crippen molar-refractivity contribution in [3.8, 4) is 22.6 Å². The zero-order chi connectivity index (χ0) is 20.1. The number of hydrogen-bond acceptors (Lipinski definition) is 4. The van der Waals surface area contributed by atoms with Crippen molar-refractivity contribution in [2.75, 3.05) is 19.5 Å². The Kier molecular flexibility index (Phi) is 6.11. The molecule has 28 heavy (non-hydrogen) atoms.